The van der Waals surface area contributed by atoms with E-state index in [-0.39, 0.29) is 22.4 Å². The summed E-state index contributed by atoms with van der Waals surface area (Å²) >= 11 is 6.10. The van der Waals surface area contributed by atoms with Crippen LogP contribution >= 0.6 is 11.6 Å². The molecule has 0 radical (unpaired) electrons. The second-order valence-electron chi connectivity index (χ2n) is 6.79. The Kier molecular flexibility index (Phi) is 5.00. The second-order valence-corrected chi connectivity index (χ2v) is 7.19. The van der Waals surface area contributed by atoms with E-state index >= 15 is 0 Å². The first-order valence-electron chi connectivity index (χ1n) is 9.13. The highest BCUT2D eigenvalue weighted by molar-refractivity contribution is 6.37. The van der Waals surface area contributed by atoms with Crippen molar-refractivity contribution in [3.63, 3.8) is 0 Å². The van der Waals surface area contributed by atoms with Crippen LogP contribution in [0.25, 0.3) is 0 Å². The van der Waals surface area contributed by atoms with E-state index in [4.69, 9.17) is 11.6 Å². The zero-order valence-electron chi connectivity index (χ0n) is 16.1. The molecule has 0 atom stereocenters. The van der Waals surface area contributed by atoms with E-state index in [1.807, 2.05) is 0 Å². The van der Waals surface area contributed by atoms with Gasteiger partial charge in [0.15, 0.2) is 0 Å². The molecule has 31 heavy (non-hydrogen) atoms. The molecular weight excluding hydrogens is 422 g/mol. The maximum atomic E-state index is 13.0. The van der Waals surface area contributed by atoms with E-state index in [1.165, 1.54) is 24.3 Å². The number of fused-ring (bicyclic) bond motifs is 1. The third kappa shape index (κ3) is 3.32. The molecule has 0 saturated heterocycles. The summed E-state index contributed by atoms with van der Waals surface area (Å²) in [5, 5.41) is 14.5. The minimum atomic E-state index is -0.855. The number of para-hydroxylation sites is 1. The molecule has 0 unspecified atom stereocenters. The zero-order valence-corrected chi connectivity index (χ0v) is 16.8. The van der Waals surface area contributed by atoms with Crippen LogP contribution in [0.5, 0.6) is 0 Å². The normalized spacial score (nSPS) is 12.6. The highest BCUT2D eigenvalue weighted by Gasteiger charge is 2.42. The van der Waals surface area contributed by atoms with Gasteiger partial charge in [0.25, 0.3) is 23.4 Å². The smallest absolute Gasteiger partial charge is 0.283 e. The summed E-state index contributed by atoms with van der Waals surface area (Å²) < 4.78 is 0. The lowest BCUT2D eigenvalue weighted by Gasteiger charge is -2.18. The van der Waals surface area contributed by atoms with Crippen LogP contribution in [0.15, 0.2) is 60.7 Å². The summed E-state index contributed by atoms with van der Waals surface area (Å²) in [6.45, 7) is 1.74. The second kappa shape index (κ2) is 7.66. The number of benzene rings is 3. The van der Waals surface area contributed by atoms with Crippen molar-refractivity contribution >= 4 is 46.4 Å². The van der Waals surface area contributed by atoms with Crippen LogP contribution in [-0.2, 0) is 0 Å². The van der Waals surface area contributed by atoms with Gasteiger partial charge in [-0.1, -0.05) is 35.9 Å². The summed E-state index contributed by atoms with van der Waals surface area (Å²) in [6, 6.07) is 14.9. The third-order valence-electron chi connectivity index (χ3n) is 5.00. The first-order valence-corrected chi connectivity index (χ1v) is 9.50. The first-order chi connectivity index (χ1) is 14.8. The minimum Gasteiger partial charge on any atom is -0.322 e. The Labute approximate surface area is 181 Å². The van der Waals surface area contributed by atoms with Gasteiger partial charge in [-0.2, -0.15) is 0 Å². The summed E-state index contributed by atoms with van der Waals surface area (Å²) in [5.41, 5.74) is 0.379. The van der Waals surface area contributed by atoms with Crippen LogP contribution in [0, 0.1) is 17.0 Å². The molecule has 0 aromatic heterocycles. The van der Waals surface area contributed by atoms with Gasteiger partial charge >= 0.3 is 0 Å². The molecule has 0 bridgehead atoms. The largest absolute Gasteiger partial charge is 0.322 e. The molecule has 0 aliphatic carbocycles. The van der Waals surface area contributed by atoms with Crippen LogP contribution in [-0.4, -0.2) is 22.6 Å². The first kappa shape index (κ1) is 20.2. The van der Waals surface area contributed by atoms with Gasteiger partial charge < -0.3 is 5.32 Å². The van der Waals surface area contributed by atoms with Gasteiger partial charge in [0.05, 0.1) is 21.7 Å². The molecule has 1 aliphatic heterocycles. The Bertz CT molecular complexity index is 1290. The van der Waals surface area contributed by atoms with E-state index in [9.17, 15) is 24.5 Å². The number of nitro groups is 1. The summed E-state index contributed by atoms with van der Waals surface area (Å²) in [4.78, 5) is 50.4. The molecule has 8 nitrogen and oxygen atoms in total. The number of nitro benzene ring substituents is 1. The molecule has 9 heteroatoms. The predicted octanol–water partition coefficient (Wildman–Crippen LogP) is 4.61. The van der Waals surface area contributed by atoms with Crippen molar-refractivity contribution in [1.82, 2.24) is 0 Å². The summed E-state index contributed by atoms with van der Waals surface area (Å²) in [6.07, 6.45) is 0. The molecule has 3 aromatic carbocycles. The fourth-order valence-corrected chi connectivity index (χ4v) is 3.61. The molecule has 1 aliphatic rings. The molecule has 3 aromatic rings. The molecule has 154 valence electrons. The fraction of sp³-hybridized carbons (Fsp3) is 0.0455. The molecule has 1 N–H and O–H groups in total. The van der Waals surface area contributed by atoms with Crippen molar-refractivity contribution in [1.29, 1.82) is 0 Å². The average Bonchev–Trinajstić information content (AvgIpc) is 3.01. The average molecular weight is 436 g/mol. The highest BCUT2D eigenvalue weighted by atomic mass is 35.5. The quantitative estimate of drug-likeness (QED) is 0.365. The maximum Gasteiger partial charge on any atom is 0.283 e. The zero-order chi connectivity index (χ0) is 22.3. The molecular formula is C22H14ClN3O5. The van der Waals surface area contributed by atoms with Crippen molar-refractivity contribution in [3.8, 4) is 0 Å². The van der Waals surface area contributed by atoms with Crippen LogP contribution in [0.1, 0.15) is 36.6 Å². The van der Waals surface area contributed by atoms with Crippen LogP contribution in [0.2, 0.25) is 5.02 Å². The van der Waals surface area contributed by atoms with E-state index in [0.717, 1.165) is 11.0 Å². The lowest BCUT2D eigenvalue weighted by atomic mass is 10.1. The summed E-state index contributed by atoms with van der Waals surface area (Å²) in [7, 11) is 0. The Hall–Kier alpha value is -4.04. The fourth-order valence-electron chi connectivity index (χ4n) is 3.43. The van der Waals surface area contributed by atoms with Crippen LogP contribution in [0.3, 0.4) is 0 Å². The van der Waals surface area contributed by atoms with Crippen molar-refractivity contribution in [2.45, 2.75) is 6.92 Å². The molecule has 0 spiro atoms. The third-order valence-corrected chi connectivity index (χ3v) is 5.40. The molecule has 4 rings (SSSR count). The van der Waals surface area contributed by atoms with Gasteiger partial charge in [0.2, 0.25) is 0 Å². The Morgan fingerprint density at radius 1 is 1.00 bits per heavy atom. The predicted molar refractivity (Wildman–Crippen MR) is 115 cm³/mol. The number of rotatable bonds is 4. The number of anilines is 2. The van der Waals surface area contributed by atoms with Gasteiger partial charge in [-0.05, 0) is 42.8 Å². The topological polar surface area (TPSA) is 110 Å². The SMILES string of the molecule is Cc1c(Cl)cccc1NC(=O)c1ccccc1N1C(=O)c2cccc([N+](=O)[O-])c2C1=O. The van der Waals surface area contributed by atoms with E-state index < -0.39 is 28.3 Å². The van der Waals surface area contributed by atoms with Crippen molar-refractivity contribution in [3.05, 3.63) is 98.1 Å². The number of halogens is 1. The van der Waals surface area contributed by atoms with E-state index in [2.05, 4.69) is 5.32 Å². The monoisotopic (exact) mass is 435 g/mol. The number of nitrogens with zero attached hydrogens (tertiary/aromatic N) is 2. The molecule has 3 amide bonds. The Morgan fingerprint density at radius 2 is 1.71 bits per heavy atom. The Balaban J connectivity index is 1.76. The number of carbonyl (C=O) groups excluding carboxylic acids is 3. The van der Waals surface area contributed by atoms with E-state index in [0.29, 0.717) is 16.3 Å². The van der Waals surface area contributed by atoms with Crippen molar-refractivity contribution < 1.29 is 19.3 Å². The van der Waals surface area contributed by atoms with Gasteiger partial charge in [-0.25, -0.2) is 4.90 Å². The van der Waals surface area contributed by atoms with Gasteiger partial charge in [0.1, 0.15) is 5.56 Å². The molecule has 1 heterocycles. The molecule has 0 saturated carbocycles. The lowest BCUT2D eigenvalue weighted by molar-refractivity contribution is -0.385. The number of hydrogen-bond donors (Lipinski definition) is 1. The maximum absolute atomic E-state index is 13.0. The number of carbonyl (C=O) groups is 3. The Morgan fingerprint density at radius 3 is 2.45 bits per heavy atom. The number of nitrogens with one attached hydrogen (secondary N) is 1. The summed E-state index contributed by atoms with van der Waals surface area (Å²) in [5.74, 6) is -2.15. The van der Waals surface area contributed by atoms with Gasteiger partial charge in [-0.15, -0.1) is 0 Å². The van der Waals surface area contributed by atoms with Gasteiger partial charge in [-0.3, -0.25) is 24.5 Å². The lowest BCUT2D eigenvalue weighted by Crippen LogP contribution is -2.31. The minimum absolute atomic E-state index is 0.0279. The molecule has 0 fully saturated rings. The number of hydrogen-bond acceptors (Lipinski definition) is 5. The van der Waals surface area contributed by atoms with Crippen molar-refractivity contribution in [2.24, 2.45) is 0 Å². The number of imide groups is 1. The number of amides is 3. The van der Waals surface area contributed by atoms with Crippen molar-refractivity contribution in [2.75, 3.05) is 10.2 Å². The highest BCUT2D eigenvalue weighted by Crippen LogP contribution is 2.35. The van der Waals surface area contributed by atoms with Crippen LogP contribution in [0.4, 0.5) is 17.1 Å². The van der Waals surface area contributed by atoms with E-state index in [1.54, 1.807) is 37.3 Å². The van der Waals surface area contributed by atoms with Crippen LogP contribution < -0.4 is 10.2 Å². The standard InChI is InChI=1S/C22H14ClN3O5/c1-12-15(23)8-5-9-16(12)24-20(27)13-6-2-3-10-17(13)25-21(28)14-7-4-11-18(26(30)31)19(14)22(25)29/h2-11H,1H3,(H,24,27). The van der Waals surface area contributed by atoms with Gasteiger partial charge in [0, 0.05) is 16.8 Å².